The first-order valence-electron chi connectivity index (χ1n) is 12.6. The van der Waals surface area contributed by atoms with Gasteiger partial charge in [0.05, 0.1) is 33.5 Å². The number of rotatable bonds is 6. The second-order valence-corrected chi connectivity index (χ2v) is 9.52. The Hall–Kier alpha value is -4.36. The molecule has 7 nitrogen and oxygen atoms in total. The van der Waals surface area contributed by atoms with Crippen molar-refractivity contribution in [2.75, 3.05) is 13.1 Å². The molecule has 6 rings (SSSR count). The maximum Gasteiger partial charge on any atom is 0.243 e. The Balaban J connectivity index is 1.27. The number of imidazole rings is 1. The van der Waals surface area contributed by atoms with Gasteiger partial charge in [-0.15, -0.1) is 0 Å². The minimum Gasteiger partial charge on any atom is -0.351 e. The summed E-state index contributed by atoms with van der Waals surface area (Å²) in [6.45, 7) is 6.35. The fraction of sp³-hybridized carbons (Fsp3) is 0.200. The average Bonchev–Trinajstić information content (AvgIpc) is 3.40. The number of piperidine rings is 1. The molecule has 3 aromatic carbocycles. The Kier molecular flexibility index (Phi) is 6.20. The summed E-state index contributed by atoms with van der Waals surface area (Å²) < 4.78 is 0. The second kappa shape index (κ2) is 9.95. The van der Waals surface area contributed by atoms with Crippen LogP contribution in [-0.2, 0) is 11.3 Å². The quantitative estimate of drug-likeness (QED) is 0.325. The lowest BCUT2D eigenvalue weighted by molar-refractivity contribution is -0.117. The van der Waals surface area contributed by atoms with E-state index in [1.165, 1.54) is 11.6 Å². The number of aromatic amines is 1. The second-order valence-electron chi connectivity index (χ2n) is 9.52. The van der Waals surface area contributed by atoms with Crippen LogP contribution in [-0.4, -0.2) is 49.9 Å². The molecular formula is C30H28N6O. The van der Waals surface area contributed by atoms with E-state index in [1.807, 2.05) is 30.3 Å². The van der Waals surface area contributed by atoms with Gasteiger partial charge in [-0.2, -0.15) is 0 Å². The average molecular weight is 489 g/mol. The van der Waals surface area contributed by atoms with Gasteiger partial charge in [0.2, 0.25) is 5.91 Å². The largest absolute Gasteiger partial charge is 0.351 e. The topological polar surface area (TPSA) is 86.8 Å². The molecule has 0 spiro atoms. The molecular weight excluding hydrogens is 460 g/mol. The normalized spacial score (nSPS) is 14.7. The highest BCUT2D eigenvalue weighted by molar-refractivity contribution is 5.94. The number of carbonyl (C=O) groups excluding carboxylic acids is 1. The zero-order valence-corrected chi connectivity index (χ0v) is 20.5. The number of nitrogens with zero attached hydrogens (tertiary/aromatic N) is 4. The molecule has 0 aliphatic carbocycles. The maximum absolute atomic E-state index is 11.6. The highest BCUT2D eigenvalue weighted by Crippen LogP contribution is 2.32. The van der Waals surface area contributed by atoms with E-state index in [1.54, 1.807) is 6.33 Å². The number of fused-ring (bicyclic) bond motifs is 2. The highest BCUT2D eigenvalue weighted by atomic mass is 16.1. The Morgan fingerprint density at radius 1 is 0.973 bits per heavy atom. The number of hydrogen-bond acceptors (Lipinski definition) is 5. The molecule has 2 N–H and O–H groups in total. The van der Waals surface area contributed by atoms with Crippen LogP contribution in [0.5, 0.6) is 0 Å². The molecule has 1 aliphatic rings. The van der Waals surface area contributed by atoms with Gasteiger partial charge in [-0.3, -0.25) is 9.69 Å². The fourth-order valence-electron chi connectivity index (χ4n) is 5.03. The van der Waals surface area contributed by atoms with Gasteiger partial charge >= 0.3 is 0 Å². The number of nitrogens with one attached hydrogen (secondary N) is 2. The third kappa shape index (κ3) is 4.86. The lowest BCUT2D eigenvalue weighted by Gasteiger charge is -2.32. The van der Waals surface area contributed by atoms with Gasteiger partial charge in [0.15, 0.2) is 0 Å². The van der Waals surface area contributed by atoms with Crippen LogP contribution in [0.3, 0.4) is 0 Å². The summed E-state index contributed by atoms with van der Waals surface area (Å²) in [4.78, 5) is 31.4. The Bertz CT molecular complexity index is 1570. The van der Waals surface area contributed by atoms with E-state index in [0.717, 1.165) is 77.1 Å². The molecule has 5 aromatic rings. The molecule has 3 heterocycles. The van der Waals surface area contributed by atoms with Crippen LogP contribution in [0.25, 0.3) is 44.6 Å². The van der Waals surface area contributed by atoms with Crippen LogP contribution in [0.15, 0.2) is 85.7 Å². The summed E-state index contributed by atoms with van der Waals surface area (Å²) >= 11 is 0. The Labute approximate surface area is 215 Å². The maximum atomic E-state index is 11.6. The molecule has 37 heavy (non-hydrogen) atoms. The number of amides is 1. The van der Waals surface area contributed by atoms with Crippen LogP contribution < -0.4 is 5.32 Å². The van der Waals surface area contributed by atoms with E-state index in [2.05, 4.69) is 68.1 Å². The predicted octanol–water partition coefficient (Wildman–Crippen LogP) is 5.11. The Morgan fingerprint density at radius 3 is 2.43 bits per heavy atom. The SMILES string of the molecule is C=CC(=O)NC1CCN(Cc2ccc(-c3[nH]c4cc5ncnc5cc4nc3-c3ccccc3)cc2)CC1. The highest BCUT2D eigenvalue weighted by Gasteiger charge is 2.20. The number of carbonyl (C=O) groups is 1. The summed E-state index contributed by atoms with van der Waals surface area (Å²) in [6.07, 6.45) is 4.84. The van der Waals surface area contributed by atoms with Gasteiger partial charge in [-0.25, -0.2) is 15.0 Å². The zero-order chi connectivity index (χ0) is 25.2. The molecule has 0 radical (unpaired) electrons. The monoisotopic (exact) mass is 488 g/mol. The zero-order valence-electron chi connectivity index (χ0n) is 20.5. The van der Waals surface area contributed by atoms with Gasteiger partial charge < -0.3 is 10.3 Å². The molecule has 184 valence electrons. The van der Waals surface area contributed by atoms with Crippen molar-refractivity contribution in [3.63, 3.8) is 0 Å². The lowest BCUT2D eigenvalue weighted by atomic mass is 10.0. The minimum atomic E-state index is -0.0870. The van der Waals surface area contributed by atoms with Crippen molar-refractivity contribution in [3.05, 3.63) is 91.3 Å². The summed E-state index contributed by atoms with van der Waals surface area (Å²) in [6, 6.07) is 23.2. The molecule has 1 aliphatic heterocycles. The van der Waals surface area contributed by atoms with Crippen molar-refractivity contribution in [2.45, 2.75) is 25.4 Å². The molecule has 0 bridgehead atoms. The van der Waals surface area contributed by atoms with Crippen molar-refractivity contribution in [3.8, 4) is 22.5 Å². The van der Waals surface area contributed by atoms with Gasteiger partial charge in [-0.05, 0) is 36.6 Å². The third-order valence-electron chi connectivity index (χ3n) is 7.03. The van der Waals surface area contributed by atoms with E-state index in [9.17, 15) is 4.79 Å². The van der Waals surface area contributed by atoms with Crippen LogP contribution in [0.4, 0.5) is 0 Å². The van der Waals surface area contributed by atoms with Crippen LogP contribution in [0.1, 0.15) is 18.4 Å². The molecule has 1 amide bonds. The predicted molar refractivity (Wildman–Crippen MR) is 147 cm³/mol. The Morgan fingerprint density at radius 2 is 1.70 bits per heavy atom. The number of likely N-dealkylation sites (tertiary alicyclic amines) is 1. The van der Waals surface area contributed by atoms with Crippen molar-refractivity contribution >= 4 is 28.0 Å². The van der Waals surface area contributed by atoms with E-state index in [4.69, 9.17) is 4.98 Å². The van der Waals surface area contributed by atoms with E-state index >= 15 is 0 Å². The van der Waals surface area contributed by atoms with Gasteiger partial charge in [0.25, 0.3) is 0 Å². The van der Waals surface area contributed by atoms with Gasteiger partial charge in [0.1, 0.15) is 6.33 Å². The molecule has 0 atom stereocenters. The van der Waals surface area contributed by atoms with Crippen molar-refractivity contribution in [1.82, 2.24) is 30.2 Å². The van der Waals surface area contributed by atoms with Crippen LogP contribution in [0.2, 0.25) is 0 Å². The fourth-order valence-corrected chi connectivity index (χ4v) is 5.03. The first-order chi connectivity index (χ1) is 18.2. The van der Waals surface area contributed by atoms with Crippen molar-refractivity contribution < 1.29 is 4.79 Å². The summed E-state index contributed by atoms with van der Waals surface area (Å²) in [5.41, 5.74) is 8.77. The molecule has 0 unspecified atom stereocenters. The van der Waals surface area contributed by atoms with E-state index in [-0.39, 0.29) is 11.9 Å². The molecule has 1 saturated heterocycles. The number of benzene rings is 3. The minimum absolute atomic E-state index is 0.0870. The molecule has 1 fully saturated rings. The lowest BCUT2D eigenvalue weighted by Crippen LogP contribution is -2.43. The smallest absolute Gasteiger partial charge is 0.243 e. The molecule has 7 heteroatoms. The molecule has 0 saturated carbocycles. The number of hydrogen-bond donors (Lipinski definition) is 2. The summed E-state index contributed by atoms with van der Waals surface area (Å²) in [5.74, 6) is -0.0870. The number of aromatic nitrogens is 4. The van der Waals surface area contributed by atoms with Gasteiger partial charge in [-0.1, -0.05) is 61.2 Å². The van der Waals surface area contributed by atoms with E-state index < -0.39 is 0 Å². The van der Waals surface area contributed by atoms with Crippen molar-refractivity contribution in [1.29, 1.82) is 0 Å². The first kappa shape index (κ1) is 23.1. The van der Waals surface area contributed by atoms with Gasteiger partial charge in [0, 0.05) is 36.8 Å². The third-order valence-corrected chi connectivity index (χ3v) is 7.03. The van der Waals surface area contributed by atoms with Crippen molar-refractivity contribution in [2.24, 2.45) is 0 Å². The number of H-pyrrole nitrogens is 1. The van der Waals surface area contributed by atoms with Crippen LogP contribution >= 0.6 is 0 Å². The molecule has 2 aromatic heterocycles. The summed E-state index contributed by atoms with van der Waals surface area (Å²) in [5, 5.41) is 3.02. The van der Waals surface area contributed by atoms with E-state index in [0.29, 0.717) is 0 Å². The summed E-state index contributed by atoms with van der Waals surface area (Å²) in [7, 11) is 0. The standard InChI is InChI=1S/C30H28N6O/c1-2-28(37)33-23-12-14-36(15-13-23)18-20-8-10-22(11-9-20)30-29(21-6-4-3-5-7-21)34-26-16-24-25(32-19-31-24)17-27(26)35-30/h2-11,16-17,19,23,35H,1,12-15,18H2,(H,33,37). The first-order valence-corrected chi connectivity index (χ1v) is 12.6. The van der Waals surface area contributed by atoms with Crippen LogP contribution in [0, 0.1) is 0 Å².